The van der Waals surface area contributed by atoms with Crippen LogP contribution in [-0.2, 0) is 4.43 Å². The first kappa shape index (κ1) is 16.5. The number of nitrogens with zero attached hydrogens (tertiary/aromatic N) is 1. The van der Waals surface area contributed by atoms with Crippen LogP contribution in [0.2, 0.25) is 0 Å². The van der Waals surface area contributed by atoms with E-state index in [0.717, 1.165) is 42.5 Å². The van der Waals surface area contributed by atoms with Gasteiger partial charge in [0.05, 0.1) is 6.10 Å². The lowest BCUT2D eigenvalue weighted by Gasteiger charge is -2.42. The summed E-state index contributed by atoms with van der Waals surface area (Å²) >= 11 is 0. The van der Waals surface area contributed by atoms with Gasteiger partial charge in [0.2, 0.25) is 0 Å². The SMILES string of the molecule is CCC1C(CC)(CC)C12CCN(CCCN)CC2O[SiH3]. The first-order valence-corrected chi connectivity index (χ1v) is 9.43. The average Bonchev–Trinajstić information content (AvgIpc) is 3.07. The molecule has 1 saturated carbocycles. The quantitative estimate of drug-likeness (QED) is 0.725. The molecular formula is C16H34N2OSi. The molecule has 2 aliphatic rings. The number of hydrogen-bond donors (Lipinski definition) is 1. The van der Waals surface area contributed by atoms with Gasteiger partial charge in [0, 0.05) is 12.0 Å². The molecule has 0 aromatic heterocycles. The number of rotatable bonds is 7. The minimum atomic E-state index is 0.477. The molecule has 3 nitrogen and oxygen atoms in total. The number of likely N-dealkylation sites (tertiary alicyclic amines) is 1. The second-order valence-electron chi connectivity index (χ2n) is 6.78. The van der Waals surface area contributed by atoms with E-state index in [2.05, 4.69) is 25.7 Å². The van der Waals surface area contributed by atoms with E-state index in [1.54, 1.807) is 0 Å². The molecule has 2 rings (SSSR count). The molecule has 3 unspecified atom stereocenters. The molecule has 1 spiro atoms. The summed E-state index contributed by atoms with van der Waals surface area (Å²) in [4.78, 5) is 2.59. The van der Waals surface area contributed by atoms with Gasteiger partial charge in [0.1, 0.15) is 10.5 Å². The highest BCUT2D eigenvalue weighted by Gasteiger charge is 2.75. The zero-order valence-electron chi connectivity index (χ0n) is 14.0. The Labute approximate surface area is 128 Å². The fourth-order valence-electron chi connectivity index (χ4n) is 5.71. The molecule has 3 atom stereocenters. The minimum absolute atomic E-state index is 0.477. The molecule has 0 bridgehead atoms. The Hall–Kier alpha value is 0.0969. The second kappa shape index (κ2) is 6.47. The van der Waals surface area contributed by atoms with Crippen molar-refractivity contribution in [1.29, 1.82) is 0 Å². The summed E-state index contributed by atoms with van der Waals surface area (Å²) in [5.41, 5.74) is 6.72. The van der Waals surface area contributed by atoms with Crippen molar-refractivity contribution in [2.24, 2.45) is 22.5 Å². The van der Waals surface area contributed by atoms with Gasteiger partial charge in [-0.15, -0.1) is 0 Å². The predicted octanol–water partition coefficient (Wildman–Crippen LogP) is 1.54. The predicted molar refractivity (Wildman–Crippen MR) is 88.8 cm³/mol. The zero-order valence-corrected chi connectivity index (χ0v) is 16.0. The summed E-state index contributed by atoms with van der Waals surface area (Å²) in [5.74, 6) is 0.889. The van der Waals surface area contributed by atoms with Gasteiger partial charge in [0.15, 0.2) is 0 Å². The summed E-state index contributed by atoms with van der Waals surface area (Å²) in [6.07, 6.45) is 6.91. The van der Waals surface area contributed by atoms with Gasteiger partial charge in [-0.25, -0.2) is 0 Å². The maximum Gasteiger partial charge on any atom is 0.146 e. The highest BCUT2D eigenvalue weighted by Crippen LogP contribution is 2.78. The third kappa shape index (κ3) is 2.19. The monoisotopic (exact) mass is 298 g/mol. The Kier molecular flexibility index (Phi) is 5.33. The van der Waals surface area contributed by atoms with Crippen LogP contribution in [0.25, 0.3) is 0 Å². The lowest BCUT2D eigenvalue weighted by atomic mass is 9.79. The van der Waals surface area contributed by atoms with E-state index in [4.69, 9.17) is 10.2 Å². The standard InChI is InChI=1S/C16H34N2OSi/c1-4-13-15(5-2,6-3)16(13)8-11-18(10-7-9-17)12-14(16)19-20/h13-14H,4-12,17H2,1-3,20H3. The van der Waals surface area contributed by atoms with E-state index in [1.807, 2.05) is 0 Å². The van der Waals surface area contributed by atoms with Crippen molar-refractivity contribution in [3.63, 3.8) is 0 Å². The molecular weight excluding hydrogens is 264 g/mol. The molecule has 118 valence electrons. The smallest absolute Gasteiger partial charge is 0.146 e. The first-order valence-electron chi connectivity index (χ1n) is 8.62. The van der Waals surface area contributed by atoms with E-state index in [-0.39, 0.29) is 0 Å². The van der Waals surface area contributed by atoms with Crippen LogP contribution in [0.1, 0.15) is 52.9 Å². The molecule has 1 saturated heterocycles. The van der Waals surface area contributed by atoms with Crippen molar-refractivity contribution in [3.8, 4) is 0 Å². The third-order valence-electron chi connectivity index (χ3n) is 6.61. The first-order chi connectivity index (χ1) is 9.66. The zero-order chi connectivity index (χ0) is 14.8. The maximum atomic E-state index is 6.14. The van der Waals surface area contributed by atoms with Crippen LogP contribution in [0.3, 0.4) is 0 Å². The van der Waals surface area contributed by atoms with Crippen LogP contribution >= 0.6 is 0 Å². The van der Waals surface area contributed by atoms with Gasteiger partial charge in [0.25, 0.3) is 0 Å². The Balaban J connectivity index is 2.13. The summed E-state index contributed by atoms with van der Waals surface area (Å²) < 4.78 is 6.14. The molecule has 0 radical (unpaired) electrons. The summed E-state index contributed by atoms with van der Waals surface area (Å²) in [5, 5.41) is 0. The minimum Gasteiger partial charge on any atom is -0.423 e. The number of hydrogen-bond acceptors (Lipinski definition) is 3. The van der Waals surface area contributed by atoms with Gasteiger partial charge in [-0.2, -0.15) is 0 Å². The Bertz CT molecular complexity index is 322. The largest absolute Gasteiger partial charge is 0.423 e. The fourth-order valence-corrected chi connectivity index (χ4v) is 6.28. The summed E-state index contributed by atoms with van der Waals surface area (Å²) in [6.45, 7) is 11.5. The summed E-state index contributed by atoms with van der Waals surface area (Å²) in [6, 6.07) is 0. The fraction of sp³-hybridized carbons (Fsp3) is 1.00. The van der Waals surface area contributed by atoms with E-state index < -0.39 is 0 Å². The lowest BCUT2D eigenvalue weighted by Crippen LogP contribution is -2.49. The van der Waals surface area contributed by atoms with Gasteiger partial charge < -0.3 is 15.1 Å². The second-order valence-corrected chi connectivity index (χ2v) is 7.25. The van der Waals surface area contributed by atoms with Crippen molar-refractivity contribution in [2.75, 3.05) is 26.2 Å². The van der Waals surface area contributed by atoms with Crippen molar-refractivity contribution in [3.05, 3.63) is 0 Å². The topological polar surface area (TPSA) is 38.5 Å². The van der Waals surface area contributed by atoms with Crippen LogP contribution in [0.15, 0.2) is 0 Å². The van der Waals surface area contributed by atoms with E-state index >= 15 is 0 Å². The lowest BCUT2D eigenvalue weighted by molar-refractivity contribution is 0.00306. The van der Waals surface area contributed by atoms with E-state index in [0.29, 0.717) is 16.9 Å². The number of nitrogens with two attached hydrogens (primary N) is 1. The van der Waals surface area contributed by atoms with Crippen LogP contribution in [0.5, 0.6) is 0 Å². The molecule has 4 heteroatoms. The number of piperidine rings is 1. The Morgan fingerprint density at radius 3 is 2.45 bits per heavy atom. The Morgan fingerprint density at radius 1 is 1.30 bits per heavy atom. The van der Waals surface area contributed by atoms with Crippen LogP contribution in [0, 0.1) is 16.7 Å². The highest BCUT2D eigenvalue weighted by atomic mass is 28.2. The average molecular weight is 299 g/mol. The maximum absolute atomic E-state index is 6.14. The van der Waals surface area contributed by atoms with Gasteiger partial charge in [-0.3, -0.25) is 0 Å². The molecule has 0 aromatic carbocycles. The van der Waals surface area contributed by atoms with E-state index in [1.165, 1.54) is 32.2 Å². The van der Waals surface area contributed by atoms with Crippen LogP contribution < -0.4 is 5.73 Å². The van der Waals surface area contributed by atoms with Gasteiger partial charge in [-0.05, 0) is 56.7 Å². The molecule has 2 fully saturated rings. The molecule has 1 heterocycles. The highest BCUT2D eigenvalue weighted by molar-refractivity contribution is 5.98. The summed E-state index contributed by atoms with van der Waals surface area (Å²) in [7, 11) is 0.864. The molecule has 0 amide bonds. The Morgan fingerprint density at radius 2 is 2.00 bits per heavy atom. The normalized spacial score (nSPS) is 36.6. The molecule has 2 N–H and O–H groups in total. The third-order valence-corrected chi connectivity index (χ3v) is 7.17. The van der Waals surface area contributed by atoms with E-state index in [9.17, 15) is 0 Å². The van der Waals surface area contributed by atoms with Crippen molar-refractivity contribution < 1.29 is 4.43 Å². The molecule has 1 aliphatic carbocycles. The van der Waals surface area contributed by atoms with Crippen LogP contribution in [-0.4, -0.2) is 47.7 Å². The van der Waals surface area contributed by atoms with Gasteiger partial charge >= 0.3 is 0 Å². The van der Waals surface area contributed by atoms with Crippen LogP contribution in [0.4, 0.5) is 0 Å². The van der Waals surface area contributed by atoms with Crippen molar-refractivity contribution >= 4 is 10.5 Å². The molecule has 1 aliphatic heterocycles. The van der Waals surface area contributed by atoms with Crippen molar-refractivity contribution in [2.45, 2.75) is 59.0 Å². The molecule has 0 aromatic rings. The van der Waals surface area contributed by atoms with Gasteiger partial charge in [-0.1, -0.05) is 27.2 Å². The van der Waals surface area contributed by atoms with Crippen molar-refractivity contribution in [1.82, 2.24) is 4.90 Å². The molecule has 20 heavy (non-hydrogen) atoms.